The molecule has 0 heterocycles. The summed E-state index contributed by atoms with van der Waals surface area (Å²) in [6, 6.07) is 14.6. The lowest BCUT2D eigenvalue weighted by molar-refractivity contribution is -0.129. The first kappa shape index (κ1) is 39.4. The number of nitrogens with one attached hydrogen (secondary N) is 4. The smallest absolute Gasteiger partial charge is 0.263 e. The number of unbranched alkanes of at least 4 members (excludes halogenated alkanes) is 9. The number of benzene rings is 2. The van der Waals surface area contributed by atoms with Gasteiger partial charge >= 0.3 is 0 Å². The van der Waals surface area contributed by atoms with E-state index in [1.54, 1.807) is 31.4 Å². The maximum atomic E-state index is 13.0. The van der Waals surface area contributed by atoms with E-state index in [0.717, 1.165) is 30.7 Å². The quantitative estimate of drug-likeness (QED) is 0.0632. The van der Waals surface area contributed by atoms with Crippen LogP contribution in [0.5, 0.6) is 11.5 Å². The van der Waals surface area contributed by atoms with Crippen LogP contribution in [-0.4, -0.2) is 61.9 Å². The molecule has 0 aliphatic rings. The number of amides is 3. The molecule has 0 fully saturated rings. The second-order valence-electron chi connectivity index (χ2n) is 12.1. The van der Waals surface area contributed by atoms with Gasteiger partial charge in [0.05, 0.1) is 26.2 Å². The largest absolute Gasteiger partial charge is 0.497 e. The summed E-state index contributed by atoms with van der Waals surface area (Å²) >= 11 is 0. The molecule has 0 aliphatic heterocycles. The van der Waals surface area contributed by atoms with Crippen molar-refractivity contribution in [3.8, 4) is 11.5 Å². The number of rotatable bonds is 26. The van der Waals surface area contributed by atoms with Crippen LogP contribution < -0.4 is 30.7 Å². The molecule has 2 atom stereocenters. The SMILES string of the molecule is CCCCCCCCCCCCNC(=O)CCCOc1ccc(NC(NC(=O)CC(C)O)C(=O)NCCc2ccc(OC)cc2)cc1. The molecule has 0 saturated heterocycles. The molecule has 10 nitrogen and oxygen atoms in total. The van der Waals surface area contributed by atoms with Crippen molar-refractivity contribution in [1.82, 2.24) is 16.0 Å². The van der Waals surface area contributed by atoms with E-state index in [1.165, 1.54) is 58.3 Å². The maximum absolute atomic E-state index is 13.0. The highest BCUT2D eigenvalue weighted by Gasteiger charge is 2.21. The highest BCUT2D eigenvalue weighted by molar-refractivity contribution is 5.89. The van der Waals surface area contributed by atoms with Gasteiger partial charge in [-0.25, -0.2) is 0 Å². The third-order valence-electron chi connectivity index (χ3n) is 7.76. The van der Waals surface area contributed by atoms with Crippen molar-refractivity contribution in [2.45, 2.75) is 116 Å². The summed E-state index contributed by atoms with van der Waals surface area (Å²) < 4.78 is 11.0. The van der Waals surface area contributed by atoms with E-state index >= 15 is 0 Å². The molecule has 0 aromatic heterocycles. The Morgan fingerprint density at radius 3 is 1.98 bits per heavy atom. The second-order valence-corrected chi connectivity index (χ2v) is 12.1. The Morgan fingerprint density at radius 2 is 1.36 bits per heavy atom. The average molecular weight is 655 g/mol. The van der Waals surface area contributed by atoms with E-state index in [0.29, 0.717) is 43.9 Å². The van der Waals surface area contributed by atoms with Crippen molar-refractivity contribution in [2.75, 3.05) is 32.1 Å². The maximum Gasteiger partial charge on any atom is 0.263 e. The number of anilines is 1. The minimum absolute atomic E-state index is 0.0510. The van der Waals surface area contributed by atoms with Crippen LogP contribution in [-0.2, 0) is 20.8 Å². The summed E-state index contributed by atoms with van der Waals surface area (Å²) in [5.41, 5.74) is 1.64. The Bertz CT molecular complexity index is 1140. The van der Waals surface area contributed by atoms with Crippen molar-refractivity contribution >= 4 is 23.4 Å². The molecule has 2 unspecified atom stereocenters. The molecule has 262 valence electrons. The summed E-state index contributed by atoms with van der Waals surface area (Å²) in [4.78, 5) is 37.5. The monoisotopic (exact) mass is 654 g/mol. The molecule has 0 spiro atoms. The minimum Gasteiger partial charge on any atom is -0.497 e. The van der Waals surface area contributed by atoms with Crippen molar-refractivity contribution in [1.29, 1.82) is 0 Å². The molecule has 2 rings (SSSR count). The van der Waals surface area contributed by atoms with Crippen LogP contribution >= 0.6 is 0 Å². The lowest BCUT2D eigenvalue weighted by Crippen LogP contribution is -2.52. The number of methoxy groups -OCH3 is 1. The Balaban J connectivity index is 1.68. The van der Waals surface area contributed by atoms with Gasteiger partial charge in [-0.3, -0.25) is 14.4 Å². The number of aliphatic hydroxyl groups is 1. The van der Waals surface area contributed by atoms with E-state index < -0.39 is 24.1 Å². The van der Waals surface area contributed by atoms with Crippen LogP contribution in [0, 0.1) is 0 Å². The van der Waals surface area contributed by atoms with Gasteiger partial charge in [0.2, 0.25) is 11.8 Å². The number of hydrogen-bond donors (Lipinski definition) is 5. The Morgan fingerprint density at radius 1 is 0.745 bits per heavy atom. The van der Waals surface area contributed by atoms with Crippen LogP contribution in [0.4, 0.5) is 5.69 Å². The first-order chi connectivity index (χ1) is 22.8. The predicted molar refractivity (Wildman–Crippen MR) is 188 cm³/mol. The highest BCUT2D eigenvalue weighted by atomic mass is 16.5. The topological polar surface area (TPSA) is 138 Å². The van der Waals surface area contributed by atoms with Crippen molar-refractivity contribution in [3.05, 3.63) is 54.1 Å². The predicted octanol–water partition coefficient (Wildman–Crippen LogP) is 5.88. The van der Waals surface area contributed by atoms with Crippen LogP contribution in [0.25, 0.3) is 0 Å². The van der Waals surface area contributed by atoms with Gasteiger partial charge in [0.25, 0.3) is 5.91 Å². The van der Waals surface area contributed by atoms with Gasteiger partial charge in [-0.05, 0) is 68.1 Å². The number of hydrogen-bond acceptors (Lipinski definition) is 7. The molecule has 0 bridgehead atoms. The summed E-state index contributed by atoms with van der Waals surface area (Å²) in [7, 11) is 1.61. The van der Waals surface area contributed by atoms with Crippen molar-refractivity contribution in [2.24, 2.45) is 0 Å². The minimum atomic E-state index is -1.04. The fourth-order valence-corrected chi connectivity index (χ4v) is 5.05. The van der Waals surface area contributed by atoms with Gasteiger partial charge in [-0.2, -0.15) is 0 Å². The lowest BCUT2D eigenvalue weighted by atomic mass is 10.1. The number of aliphatic hydroxyl groups excluding tert-OH is 1. The van der Waals surface area contributed by atoms with Gasteiger partial charge in [0.15, 0.2) is 6.17 Å². The average Bonchev–Trinajstić information content (AvgIpc) is 3.06. The summed E-state index contributed by atoms with van der Waals surface area (Å²) in [6.45, 7) is 5.27. The van der Waals surface area contributed by atoms with E-state index in [1.807, 2.05) is 24.3 Å². The zero-order valence-corrected chi connectivity index (χ0v) is 28.8. The highest BCUT2D eigenvalue weighted by Crippen LogP contribution is 2.17. The molecular formula is C37H58N4O6. The molecule has 10 heteroatoms. The Labute approximate surface area is 281 Å². The summed E-state index contributed by atoms with van der Waals surface area (Å²) in [6.07, 6.45) is 12.4. The van der Waals surface area contributed by atoms with Gasteiger partial charge < -0.3 is 35.8 Å². The number of ether oxygens (including phenoxy) is 2. The molecule has 2 aromatic carbocycles. The lowest BCUT2D eigenvalue weighted by Gasteiger charge is -2.21. The van der Waals surface area contributed by atoms with E-state index in [-0.39, 0.29) is 12.3 Å². The van der Waals surface area contributed by atoms with Crippen LogP contribution in [0.1, 0.15) is 103 Å². The van der Waals surface area contributed by atoms with E-state index in [2.05, 4.69) is 28.2 Å². The van der Waals surface area contributed by atoms with Crippen LogP contribution in [0.2, 0.25) is 0 Å². The molecule has 47 heavy (non-hydrogen) atoms. The fourth-order valence-electron chi connectivity index (χ4n) is 5.05. The first-order valence-electron chi connectivity index (χ1n) is 17.4. The van der Waals surface area contributed by atoms with Crippen LogP contribution in [0.3, 0.4) is 0 Å². The first-order valence-corrected chi connectivity index (χ1v) is 17.4. The van der Waals surface area contributed by atoms with E-state index in [9.17, 15) is 19.5 Å². The number of carbonyl (C=O) groups excluding carboxylic acids is 3. The molecular weight excluding hydrogens is 596 g/mol. The molecule has 5 N–H and O–H groups in total. The van der Waals surface area contributed by atoms with Gasteiger partial charge in [-0.1, -0.05) is 76.8 Å². The summed E-state index contributed by atoms with van der Waals surface area (Å²) in [5, 5.41) is 21.2. The Hall–Kier alpha value is -3.79. The zero-order chi connectivity index (χ0) is 34.1. The number of carbonyl (C=O) groups is 3. The van der Waals surface area contributed by atoms with Crippen LogP contribution in [0.15, 0.2) is 48.5 Å². The zero-order valence-electron chi connectivity index (χ0n) is 28.8. The normalized spacial score (nSPS) is 12.1. The fraction of sp³-hybridized carbons (Fsp3) is 0.595. The standard InChI is InChI=1S/C37H58N4O6/c1-4-5-6-7-8-9-10-11-12-13-25-38-34(43)15-14-27-47-33-22-18-31(19-23-33)40-36(41-35(44)28-29(2)42)37(45)39-26-24-30-16-20-32(46-3)21-17-30/h16-23,29,36,40,42H,4-15,24-28H2,1-3H3,(H,38,43)(H,39,45)(H,41,44). The second kappa shape index (κ2) is 24.4. The molecule has 0 saturated carbocycles. The molecule has 3 amide bonds. The third-order valence-corrected chi connectivity index (χ3v) is 7.76. The van der Waals surface area contributed by atoms with Crippen molar-refractivity contribution < 1.29 is 29.0 Å². The molecule has 0 radical (unpaired) electrons. The van der Waals surface area contributed by atoms with Gasteiger partial charge in [0, 0.05) is 25.2 Å². The van der Waals surface area contributed by atoms with Gasteiger partial charge in [-0.15, -0.1) is 0 Å². The Kier molecular flexibility index (Phi) is 20.4. The third kappa shape index (κ3) is 18.8. The van der Waals surface area contributed by atoms with Gasteiger partial charge in [0.1, 0.15) is 11.5 Å². The summed E-state index contributed by atoms with van der Waals surface area (Å²) in [5.74, 6) is 0.603. The van der Waals surface area contributed by atoms with Crippen molar-refractivity contribution in [3.63, 3.8) is 0 Å². The van der Waals surface area contributed by atoms with E-state index in [4.69, 9.17) is 9.47 Å². The molecule has 0 aliphatic carbocycles. The molecule has 2 aromatic rings.